The van der Waals surface area contributed by atoms with E-state index in [1.807, 2.05) is 24.0 Å². The number of piperidine rings is 1. The van der Waals surface area contributed by atoms with Crippen molar-refractivity contribution in [3.8, 4) is 6.07 Å². The molecule has 1 saturated heterocycles. The quantitative estimate of drug-likeness (QED) is 0.769. The summed E-state index contributed by atoms with van der Waals surface area (Å²) in [6, 6.07) is 3.74. The molecule has 1 amide bonds. The van der Waals surface area contributed by atoms with Gasteiger partial charge in [-0.05, 0) is 31.4 Å². The minimum atomic E-state index is -0.173. The monoisotopic (exact) mass is 380 g/mol. The van der Waals surface area contributed by atoms with E-state index < -0.39 is 0 Å². The number of fused-ring (bicyclic) bond motifs is 1. The van der Waals surface area contributed by atoms with Gasteiger partial charge in [0.25, 0.3) is 0 Å². The first kappa shape index (κ1) is 19.5. The molecule has 8 heteroatoms. The number of aromatic amines is 1. The van der Waals surface area contributed by atoms with Crippen molar-refractivity contribution in [3.63, 3.8) is 0 Å². The highest BCUT2D eigenvalue weighted by atomic mass is 16.2. The Morgan fingerprint density at radius 1 is 1.46 bits per heavy atom. The van der Waals surface area contributed by atoms with Crippen LogP contribution in [0.4, 0.5) is 5.82 Å². The van der Waals surface area contributed by atoms with Crippen LogP contribution in [-0.4, -0.2) is 57.2 Å². The third-order valence-electron chi connectivity index (χ3n) is 5.19. The van der Waals surface area contributed by atoms with E-state index in [4.69, 9.17) is 5.26 Å². The Morgan fingerprint density at radius 2 is 2.29 bits per heavy atom. The van der Waals surface area contributed by atoms with E-state index in [9.17, 15) is 9.59 Å². The fourth-order valence-electron chi connectivity index (χ4n) is 3.70. The molecule has 0 bridgehead atoms. The largest absolute Gasteiger partial charge is 0.346 e. The third kappa shape index (κ3) is 4.03. The smallest absolute Gasteiger partial charge is 0.236 e. The molecule has 1 unspecified atom stereocenters. The summed E-state index contributed by atoms with van der Waals surface area (Å²) >= 11 is 0. The summed E-state index contributed by atoms with van der Waals surface area (Å²) < 4.78 is 0. The summed E-state index contributed by atoms with van der Waals surface area (Å²) in [6.45, 7) is 5.18. The maximum absolute atomic E-state index is 12.5. The molecule has 1 aliphatic heterocycles. The number of nitrogens with zero attached hydrogens (tertiary/aromatic N) is 5. The van der Waals surface area contributed by atoms with E-state index in [2.05, 4.69) is 21.9 Å². The number of amides is 1. The van der Waals surface area contributed by atoms with Crippen LogP contribution in [-0.2, 0) is 9.59 Å². The lowest BCUT2D eigenvalue weighted by molar-refractivity contribution is -0.131. The number of carbonyl (C=O) groups excluding carboxylic acids is 2. The highest BCUT2D eigenvalue weighted by Crippen LogP contribution is 2.30. The van der Waals surface area contributed by atoms with Crippen molar-refractivity contribution >= 4 is 28.5 Å². The molecular formula is C20H24N6O2. The summed E-state index contributed by atoms with van der Waals surface area (Å²) in [5, 5.41) is 9.70. The summed E-state index contributed by atoms with van der Waals surface area (Å²) in [5.41, 5.74) is 0.703. The summed E-state index contributed by atoms with van der Waals surface area (Å²) in [7, 11) is 0. The van der Waals surface area contributed by atoms with E-state index in [1.165, 1.54) is 6.33 Å². The Hall–Kier alpha value is -3.21. The van der Waals surface area contributed by atoms with Crippen LogP contribution >= 0.6 is 0 Å². The number of carbonyl (C=O) groups is 2. The Balaban J connectivity index is 1.98. The first-order chi connectivity index (χ1) is 13.5. The van der Waals surface area contributed by atoms with Crippen molar-refractivity contribution in [1.29, 1.82) is 5.26 Å². The summed E-state index contributed by atoms with van der Waals surface area (Å²) in [6.07, 6.45) is 7.22. The second-order valence-electron chi connectivity index (χ2n) is 7.04. The van der Waals surface area contributed by atoms with Crippen molar-refractivity contribution in [2.45, 2.75) is 32.7 Å². The van der Waals surface area contributed by atoms with Gasteiger partial charge < -0.3 is 14.8 Å². The molecule has 0 radical (unpaired) electrons. The van der Waals surface area contributed by atoms with E-state index in [0.717, 1.165) is 11.8 Å². The van der Waals surface area contributed by atoms with Gasteiger partial charge in [0.2, 0.25) is 5.91 Å². The number of likely N-dealkylation sites (tertiary alicyclic amines) is 1. The number of nitrogens with one attached hydrogen (secondary N) is 1. The second-order valence-corrected chi connectivity index (χ2v) is 7.04. The fraction of sp³-hybridized carbons (Fsp3) is 0.450. The highest BCUT2D eigenvalue weighted by molar-refractivity contribution is 5.95. The molecule has 3 heterocycles. The first-order valence-corrected chi connectivity index (χ1v) is 9.40. The van der Waals surface area contributed by atoms with Crippen LogP contribution in [0.15, 0.2) is 30.7 Å². The Kier molecular flexibility index (Phi) is 6.04. The molecule has 2 aromatic heterocycles. The van der Waals surface area contributed by atoms with Gasteiger partial charge in [-0.25, -0.2) is 9.97 Å². The minimum Gasteiger partial charge on any atom is -0.346 e. The molecule has 1 aliphatic rings. The number of ketones is 1. The molecular weight excluding hydrogens is 356 g/mol. The van der Waals surface area contributed by atoms with Crippen LogP contribution in [0.2, 0.25) is 0 Å². The van der Waals surface area contributed by atoms with Crippen molar-refractivity contribution in [2.75, 3.05) is 24.5 Å². The van der Waals surface area contributed by atoms with Gasteiger partial charge in [0.15, 0.2) is 5.78 Å². The molecule has 146 valence electrons. The number of allylic oxidation sites excluding steroid dienone is 1. The normalized spacial score (nSPS) is 19.7. The fourth-order valence-corrected chi connectivity index (χ4v) is 3.70. The molecule has 0 saturated carbocycles. The van der Waals surface area contributed by atoms with Gasteiger partial charge in [0.1, 0.15) is 24.2 Å². The van der Waals surface area contributed by atoms with Crippen molar-refractivity contribution < 1.29 is 9.59 Å². The topological polar surface area (TPSA) is 106 Å². The molecule has 0 aliphatic carbocycles. The van der Waals surface area contributed by atoms with Gasteiger partial charge in [0, 0.05) is 19.3 Å². The summed E-state index contributed by atoms with van der Waals surface area (Å²) in [5.74, 6) is 0.732. The highest BCUT2D eigenvalue weighted by Gasteiger charge is 2.34. The predicted molar refractivity (Wildman–Crippen MR) is 105 cm³/mol. The first-order valence-electron chi connectivity index (χ1n) is 9.40. The molecule has 2 atom stereocenters. The molecule has 2 aromatic rings. The number of anilines is 1. The number of nitriles is 1. The SMILES string of the molecule is CC=CC(=O)CN(c1ncnc2[nH]ccc12)C1CN(C(=O)CC#N)CC[C@H]1C. The average Bonchev–Trinajstić information content (AvgIpc) is 3.16. The number of H-pyrrole nitrogens is 1. The standard InChI is InChI=1S/C20H24N6O2/c1-3-4-15(27)11-26(20-16-6-9-22-19(16)23-13-24-20)17-12-25(10-7-14(17)2)18(28)5-8-21/h3-4,6,9,13-14,17H,5,7,10-12H2,1-2H3,(H,22,23,24)/t14-,17?/m1/s1. The van der Waals surface area contributed by atoms with Crippen LogP contribution in [0.5, 0.6) is 0 Å². The molecule has 1 N–H and O–H groups in total. The number of aromatic nitrogens is 3. The average molecular weight is 380 g/mol. The van der Waals surface area contributed by atoms with Crippen LogP contribution in [0.1, 0.15) is 26.7 Å². The lowest BCUT2D eigenvalue weighted by Crippen LogP contribution is -2.55. The van der Waals surface area contributed by atoms with Gasteiger partial charge in [-0.1, -0.05) is 13.0 Å². The van der Waals surface area contributed by atoms with Gasteiger partial charge >= 0.3 is 0 Å². The van der Waals surface area contributed by atoms with Gasteiger partial charge in [0.05, 0.1) is 24.0 Å². The van der Waals surface area contributed by atoms with Crippen LogP contribution in [0.3, 0.4) is 0 Å². The van der Waals surface area contributed by atoms with E-state index >= 15 is 0 Å². The molecule has 28 heavy (non-hydrogen) atoms. The number of hydrogen-bond donors (Lipinski definition) is 1. The van der Waals surface area contributed by atoms with Crippen LogP contribution in [0.25, 0.3) is 11.0 Å². The lowest BCUT2D eigenvalue weighted by atomic mass is 9.91. The lowest BCUT2D eigenvalue weighted by Gasteiger charge is -2.43. The second kappa shape index (κ2) is 8.65. The van der Waals surface area contributed by atoms with Crippen molar-refractivity contribution in [3.05, 3.63) is 30.7 Å². The van der Waals surface area contributed by atoms with Crippen molar-refractivity contribution in [2.24, 2.45) is 5.92 Å². The Bertz CT molecular complexity index is 928. The maximum atomic E-state index is 12.5. The van der Waals surface area contributed by atoms with Gasteiger partial charge in [-0.3, -0.25) is 9.59 Å². The molecule has 3 rings (SSSR count). The van der Waals surface area contributed by atoms with Gasteiger partial charge in [-0.2, -0.15) is 5.26 Å². The predicted octanol–water partition coefficient (Wildman–Crippen LogP) is 2.06. The number of hydrogen-bond acceptors (Lipinski definition) is 6. The summed E-state index contributed by atoms with van der Waals surface area (Å²) in [4.78, 5) is 40.2. The Morgan fingerprint density at radius 3 is 3.04 bits per heavy atom. The zero-order chi connectivity index (χ0) is 20.1. The third-order valence-corrected chi connectivity index (χ3v) is 5.19. The number of rotatable bonds is 6. The Labute approximate surface area is 163 Å². The molecule has 1 fully saturated rings. The van der Waals surface area contributed by atoms with Gasteiger partial charge in [-0.15, -0.1) is 0 Å². The molecule has 0 spiro atoms. The van der Waals surface area contributed by atoms with E-state index in [-0.39, 0.29) is 36.6 Å². The maximum Gasteiger partial charge on any atom is 0.236 e. The van der Waals surface area contributed by atoms with E-state index in [1.54, 1.807) is 23.2 Å². The van der Waals surface area contributed by atoms with E-state index in [0.29, 0.717) is 24.6 Å². The van der Waals surface area contributed by atoms with Crippen LogP contribution < -0.4 is 4.90 Å². The minimum absolute atomic E-state index is 0.0301. The van der Waals surface area contributed by atoms with Crippen molar-refractivity contribution in [1.82, 2.24) is 19.9 Å². The zero-order valence-electron chi connectivity index (χ0n) is 16.1. The van der Waals surface area contributed by atoms with Crippen LogP contribution in [0, 0.1) is 17.2 Å². The molecule has 8 nitrogen and oxygen atoms in total. The molecule has 0 aromatic carbocycles. The zero-order valence-corrected chi connectivity index (χ0v) is 16.1.